The van der Waals surface area contributed by atoms with Gasteiger partial charge in [0.1, 0.15) is 5.82 Å². The number of nitrogens with one attached hydrogen (secondary N) is 1. The first-order valence-electron chi connectivity index (χ1n) is 7.43. The number of aliphatic hydroxyl groups excluding tert-OH is 1. The van der Waals surface area contributed by atoms with Gasteiger partial charge in [0.25, 0.3) is 5.91 Å². The van der Waals surface area contributed by atoms with Crippen molar-refractivity contribution in [1.82, 2.24) is 5.32 Å². The lowest BCUT2D eigenvalue weighted by Gasteiger charge is -2.18. The molecule has 0 spiro atoms. The zero-order valence-electron chi connectivity index (χ0n) is 13.3. The summed E-state index contributed by atoms with van der Waals surface area (Å²) < 4.78 is 14.1. The maximum absolute atomic E-state index is 14.1. The zero-order chi connectivity index (χ0) is 16.8. The van der Waals surface area contributed by atoms with Crippen molar-refractivity contribution < 1.29 is 14.3 Å². The smallest absolute Gasteiger partial charge is 0.254 e. The largest absolute Gasteiger partial charge is 0.394 e. The molecule has 1 amide bonds. The molecule has 0 saturated carbocycles. The predicted molar refractivity (Wildman–Crippen MR) is 89.2 cm³/mol. The van der Waals surface area contributed by atoms with Crippen LogP contribution in [0.2, 0.25) is 0 Å². The molecule has 0 heterocycles. The first-order chi connectivity index (χ1) is 11.0. The zero-order valence-corrected chi connectivity index (χ0v) is 13.3. The van der Waals surface area contributed by atoms with E-state index in [1.165, 1.54) is 12.1 Å². The van der Waals surface area contributed by atoms with Crippen molar-refractivity contribution in [2.45, 2.75) is 12.5 Å². The van der Waals surface area contributed by atoms with Gasteiger partial charge in [0, 0.05) is 19.8 Å². The number of carbonyl (C=O) groups is 1. The fraction of sp³-hybridized carbons (Fsp3) is 0.278. The summed E-state index contributed by atoms with van der Waals surface area (Å²) in [6.45, 7) is -0.210. The molecule has 2 N–H and O–H groups in total. The van der Waals surface area contributed by atoms with Crippen LogP contribution in [0.1, 0.15) is 15.9 Å². The highest BCUT2D eigenvalue weighted by Crippen LogP contribution is 2.17. The van der Waals surface area contributed by atoms with Crippen LogP contribution in [-0.4, -0.2) is 37.8 Å². The molecule has 0 aromatic heterocycles. The number of hydrogen-bond donors (Lipinski definition) is 2. The van der Waals surface area contributed by atoms with Gasteiger partial charge in [0.2, 0.25) is 0 Å². The van der Waals surface area contributed by atoms with Crippen molar-refractivity contribution in [1.29, 1.82) is 0 Å². The minimum atomic E-state index is -0.579. The number of aliphatic hydroxyl groups is 1. The molecule has 2 aromatic rings. The minimum Gasteiger partial charge on any atom is -0.394 e. The molecular weight excluding hydrogens is 295 g/mol. The molecule has 122 valence electrons. The van der Waals surface area contributed by atoms with E-state index >= 15 is 0 Å². The maximum atomic E-state index is 14.1. The Labute approximate surface area is 135 Å². The highest BCUT2D eigenvalue weighted by Gasteiger charge is 2.17. The summed E-state index contributed by atoms with van der Waals surface area (Å²) in [5.74, 6) is -1.10. The number of amides is 1. The predicted octanol–water partition coefficient (Wildman–Crippen LogP) is 2.23. The number of nitrogens with zero attached hydrogens (tertiary/aromatic N) is 1. The molecule has 0 fully saturated rings. The van der Waals surface area contributed by atoms with Gasteiger partial charge in [-0.3, -0.25) is 4.79 Å². The van der Waals surface area contributed by atoms with Crippen LogP contribution in [0.15, 0.2) is 48.5 Å². The molecule has 0 bridgehead atoms. The number of rotatable bonds is 6. The second-order valence-electron chi connectivity index (χ2n) is 5.60. The van der Waals surface area contributed by atoms with Gasteiger partial charge in [-0.2, -0.15) is 0 Å². The number of carbonyl (C=O) groups excluding carboxylic acids is 1. The van der Waals surface area contributed by atoms with Gasteiger partial charge in [-0.05, 0) is 30.2 Å². The van der Waals surface area contributed by atoms with Crippen molar-refractivity contribution in [2.24, 2.45) is 0 Å². The molecular formula is C18H21FN2O2. The lowest BCUT2D eigenvalue weighted by atomic mass is 10.1. The van der Waals surface area contributed by atoms with E-state index in [0.717, 1.165) is 5.56 Å². The van der Waals surface area contributed by atoms with Gasteiger partial charge >= 0.3 is 0 Å². The first kappa shape index (κ1) is 17.0. The molecule has 2 rings (SSSR count). The van der Waals surface area contributed by atoms with Gasteiger partial charge in [-0.1, -0.05) is 30.3 Å². The van der Waals surface area contributed by atoms with Gasteiger partial charge < -0.3 is 15.3 Å². The van der Waals surface area contributed by atoms with Crippen LogP contribution in [0, 0.1) is 5.82 Å². The molecule has 4 nitrogen and oxygen atoms in total. The van der Waals surface area contributed by atoms with Crippen LogP contribution in [-0.2, 0) is 6.42 Å². The summed E-state index contributed by atoms with van der Waals surface area (Å²) in [6.07, 6.45) is 0.487. The highest BCUT2D eigenvalue weighted by molar-refractivity contribution is 5.95. The topological polar surface area (TPSA) is 52.6 Å². The molecule has 0 saturated heterocycles. The van der Waals surface area contributed by atoms with Crippen molar-refractivity contribution in [3.8, 4) is 0 Å². The van der Waals surface area contributed by atoms with E-state index in [1.54, 1.807) is 25.1 Å². The average Bonchev–Trinajstić information content (AvgIpc) is 2.54. The maximum Gasteiger partial charge on any atom is 0.254 e. The van der Waals surface area contributed by atoms with E-state index in [-0.39, 0.29) is 12.2 Å². The monoisotopic (exact) mass is 316 g/mol. The second kappa shape index (κ2) is 7.74. The van der Waals surface area contributed by atoms with E-state index in [1.807, 2.05) is 30.3 Å². The summed E-state index contributed by atoms with van der Waals surface area (Å²) in [4.78, 5) is 14.0. The Morgan fingerprint density at radius 2 is 1.91 bits per heavy atom. The SMILES string of the molecule is CN(C)c1ccc(C(=O)N[C@H](CO)Cc2ccccc2)c(F)c1. The quantitative estimate of drug-likeness (QED) is 0.859. The first-order valence-corrected chi connectivity index (χ1v) is 7.43. The average molecular weight is 316 g/mol. The van der Waals surface area contributed by atoms with Crippen LogP contribution in [0.5, 0.6) is 0 Å². The normalized spacial score (nSPS) is 11.8. The van der Waals surface area contributed by atoms with E-state index in [9.17, 15) is 14.3 Å². The van der Waals surface area contributed by atoms with Crippen molar-refractivity contribution in [3.05, 3.63) is 65.5 Å². The molecule has 0 aliphatic carbocycles. The van der Waals surface area contributed by atoms with Gasteiger partial charge in [-0.15, -0.1) is 0 Å². The minimum absolute atomic E-state index is 0.0258. The fourth-order valence-corrected chi connectivity index (χ4v) is 2.29. The van der Waals surface area contributed by atoms with Crippen LogP contribution < -0.4 is 10.2 Å². The lowest BCUT2D eigenvalue weighted by Crippen LogP contribution is -2.39. The molecule has 0 radical (unpaired) electrons. The number of halogens is 1. The summed E-state index contributed by atoms with van der Waals surface area (Å²) in [5, 5.41) is 12.1. The molecule has 1 atom stereocenters. The van der Waals surface area contributed by atoms with Crippen LogP contribution >= 0.6 is 0 Å². The van der Waals surface area contributed by atoms with Gasteiger partial charge in [0.05, 0.1) is 18.2 Å². The standard InChI is InChI=1S/C18H21FN2O2/c1-21(2)15-8-9-16(17(19)11-15)18(23)20-14(12-22)10-13-6-4-3-5-7-13/h3-9,11,14,22H,10,12H2,1-2H3,(H,20,23)/t14-/m0/s1. The Hall–Kier alpha value is -2.40. The van der Waals surface area contributed by atoms with Crippen LogP contribution in [0.3, 0.4) is 0 Å². The van der Waals surface area contributed by atoms with Crippen molar-refractivity contribution >= 4 is 11.6 Å². The lowest BCUT2D eigenvalue weighted by molar-refractivity contribution is 0.0912. The molecule has 2 aromatic carbocycles. The number of benzene rings is 2. The van der Waals surface area contributed by atoms with E-state index in [2.05, 4.69) is 5.32 Å². The van der Waals surface area contributed by atoms with Crippen LogP contribution in [0.4, 0.5) is 10.1 Å². The third kappa shape index (κ3) is 4.53. The third-order valence-electron chi connectivity index (χ3n) is 3.59. The van der Waals surface area contributed by atoms with Gasteiger partial charge in [-0.25, -0.2) is 4.39 Å². The van der Waals surface area contributed by atoms with E-state index < -0.39 is 17.8 Å². The van der Waals surface area contributed by atoms with Crippen molar-refractivity contribution in [3.63, 3.8) is 0 Å². The Balaban J connectivity index is 2.07. The number of anilines is 1. The van der Waals surface area contributed by atoms with Gasteiger partial charge in [0.15, 0.2) is 0 Å². The summed E-state index contributed by atoms with van der Waals surface area (Å²) in [7, 11) is 3.60. The highest BCUT2D eigenvalue weighted by atomic mass is 19.1. The summed E-state index contributed by atoms with van der Waals surface area (Å²) in [6, 6.07) is 13.5. The third-order valence-corrected chi connectivity index (χ3v) is 3.59. The van der Waals surface area contributed by atoms with Crippen molar-refractivity contribution in [2.75, 3.05) is 25.6 Å². The Morgan fingerprint density at radius 3 is 2.48 bits per heavy atom. The van der Waals surface area contributed by atoms with E-state index in [0.29, 0.717) is 12.1 Å². The fourth-order valence-electron chi connectivity index (χ4n) is 2.29. The summed E-state index contributed by atoms with van der Waals surface area (Å²) in [5.41, 5.74) is 1.65. The Morgan fingerprint density at radius 1 is 1.22 bits per heavy atom. The molecule has 0 aliphatic heterocycles. The van der Waals surface area contributed by atoms with Crippen LogP contribution in [0.25, 0.3) is 0 Å². The van der Waals surface area contributed by atoms with E-state index in [4.69, 9.17) is 0 Å². The Kier molecular flexibility index (Phi) is 5.71. The molecule has 5 heteroatoms. The number of hydrogen-bond acceptors (Lipinski definition) is 3. The molecule has 0 aliphatic rings. The Bertz CT molecular complexity index is 659. The summed E-state index contributed by atoms with van der Waals surface area (Å²) >= 11 is 0. The second-order valence-corrected chi connectivity index (χ2v) is 5.60. The molecule has 0 unspecified atom stereocenters. The molecule has 23 heavy (non-hydrogen) atoms.